The van der Waals surface area contributed by atoms with Gasteiger partial charge in [0.25, 0.3) is 0 Å². The molecule has 2 unspecified atom stereocenters. The molecular weight excluding hydrogens is 802 g/mol. The van der Waals surface area contributed by atoms with E-state index in [4.69, 9.17) is 23.8 Å². The van der Waals surface area contributed by atoms with Crippen LogP contribution in [0.3, 0.4) is 0 Å². The monoisotopic (exact) mass is 880 g/mol. The predicted octanol–water partition coefficient (Wildman–Crippen LogP) is 9.89. The van der Waals surface area contributed by atoms with E-state index in [-0.39, 0.29) is 18.9 Å². The first-order valence-electron chi connectivity index (χ1n) is 21.8. The third-order valence-electron chi connectivity index (χ3n) is 8.94. The number of unbranched alkanes of at least 4 members (excludes halogenated alkanes) is 11. The van der Waals surface area contributed by atoms with Gasteiger partial charge in [-0.25, -0.2) is 9.13 Å². The summed E-state index contributed by atoms with van der Waals surface area (Å²) in [6.45, 7) is 3.79. The summed E-state index contributed by atoms with van der Waals surface area (Å²) in [5, 5.41) is 19.5. The Balaban J connectivity index is 4.64. The molecular formula is C43H78O14P2. The number of allylic oxidation sites excluding steroid dienone is 7. The molecule has 0 amide bonds. The SMILES string of the molecule is CCCC(O)C/C=C\C/C=C\C/C=C\C/C=C\CCCC(=O)O[C@H](COC(=O)CCCCCCCCCCCCCC(C)C)COP(=O)(O)OC[C@@H](O)COP(=O)(O)O. The van der Waals surface area contributed by atoms with Gasteiger partial charge in [0, 0.05) is 12.8 Å². The maximum atomic E-state index is 12.6. The molecule has 0 heterocycles. The van der Waals surface area contributed by atoms with Crippen molar-refractivity contribution in [1.29, 1.82) is 0 Å². The summed E-state index contributed by atoms with van der Waals surface area (Å²) >= 11 is 0. The smallest absolute Gasteiger partial charge is 0.462 e. The van der Waals surface area contributed by atoms with Crippen molar-refractivity contribution >= 4 is 27.6 Å². The minimum absolute atomic E-state index is 0.0405. The van der Waals surface area contributed by atoms with Crippen LogP contribution < -0.4 is 0 Å². The van der Waals surface area contributed by atoms with E-state index in [9.17, 15) is 33.8 Å². The predicted molar refractivity (Wildman–Crippen MR) is 231 cm³/mol. The van der Waals surface area contributed by atoms with E-state index in [0.717, 1.165) is 57.3 Å². The van der Waals surface area contributed by atoms with E-state index in [1.54, 1.807) is 0 Å². The summed E-state index contributed by atoms with van der Waals surface area (Å²) < 4.78 is 47.7. The zero-order valence-electron chi connectivity index (χ0n) is 36.1. The maximum absolute atomic E-state index is 12.6. The second-order valence-electron chi connectivity index (χ2n) is 15.3. The van der Waals surface area contributed by atoms with Crippen LogP contribution in [0, 0.1) is 5.92 Å². The van der Waals surface area contributed by atoms with Crippen LogP contribution in [0.1, 0.15) is 162 Å². The summed E-state index contributed by atoms with van der Waals surface area (Å²) in [6.07, 6.45) is 33.3. The van der Waals surface area contributed by atoms with Crippen LogP contribution in [0.5, 0.6) is 0 Å². The van der Waals surface area contributed by atoms with Crippen molar-refractivity contribution in [3.8, 4) is 0 Å². The number of aliphatic hydroxyl groups excluding tert-OH is 2. The Morgan fingerprint density at radius 2 is 1.05 bits per heavy atom. The van der Waals surface area contributed by atoms with Crippen LogP contribution in [0.15, 0.2) is 48.6 Å². The summed E-state index contributed by atoms with van der Waals surface area (Å²) in [6, 6.07) is 0. The van der Waals surface area contributed by atoms with Gasteiger partial charge < -0.3 is 34.4 Å². The van der Waals surface area contributed by atoms with Gasteiger partial charge >= 0.3 is 27.6 Å². The lowest BCUT2D eigenvalue weighted by Crippen LogP contribution is -2.29. The third kappa shape index (κ3) is 42.5. The average molecular weight is 881 g/mol. The largest absolute Gasteiger partial charge is 0.472 e. The fraction of sp³-hybridized carbons (Fsp3) is 0.767. The number of carbonyl (C=O) groups excluding carboxylic acids is 2. The van der Waals surface area contributed by atoms with E-state index >= 15 is 0 Å². The second kappa shape index (κ2) is 37.8. The number of phosphoric ester groups is 2. The molecule has 0 aromatic heterocycles. The highest BCUT2D eigenvalue weighted by molar-refractivity contribution is 7.47. The lowest BCUT2D eigenvalue weighted by atomic mass is 10.0. The van der Waals surface area contributed by atoms with E-state index in [1.165, 1.54) is 51.4 Å². The Labute approximate surface area is 354 Å². The lowest BCUT2D eigenvalue weighted by Gasteiger charge is -2.20. The number of rotatable bonds is 40. The number of aliphatic hydroxyl groups is 2. The third-order valence-corrected chi connectivity index (χ3v) is 10.4. The highest BCUT2D eigenvalue weighted by Crippen LogP contribution is 2.43. The van der Waals surface area contributed by atoms with Crippen LogP contribution in [0.4, 0.5) is 0 Å². The fourth-order valence-electron chi connectivity index (χ4n) is 5.66. The second-order valence-corrected chi connectivity index (χ2v) is 18.0. The molecule has 0 radical (unpaired) electrons. The van der Waals surface area contributed by atoms with Crippen LogP contribution >= 0.6 is 15.6 Å². The quantitative estimate of drug-likeness (QED) is 0.0168. The number of hydrogen-bond acceptors (Lipinski definition) is 11. The number of carbonyl (C=O) groups is 2. The van der Waals surface area contributed by atoms with Gasteiger partial charge in [-0.05, 0) is 57.3 Å². The number of phosphoric acid groups is 2. The molecule has 4 atom stereocenters. The van der Waals surface area contributed by atoms with Crippen molar-refractivity contribution in [3.05, 3.63) is 48.6 Å². The highest BCUT2D eigenvalue weighted by Gasteiger charge is 2.28. The zero-order chi connectivity index (χ0) is 44.0. The molecule has 0 aliphatic rings. The van der Waals surface area contributed by atoms with Crippen molar-refractivity contribution < 1.29 is 66.7 Å². The summed E-state index contributed by atoms with van der Waals surface area (Å²) in [5.41, 5.74) is 0. The molecule has 59 heavy (non-hydrogen) atoms. The normalized spacial score (nSPS) is 15.1. The van der Waals surface area contributed by atoms with Crippen LogP contribution in [0.2, 0.25) is 0 Å². The van der Waals surface area contributed by atoms with Crippen LogP contribution in [-0.2, 0) is 41.8 Å². The molecule has 0 bridgehead atoms. The molecule has 0 fully saturated rings. The van der Waals surface area contributed by atoms with Crippen molar-refractivity contribution in [1.82, 2.24) is 0 Å². The fourth-order valence-corrected chi connectivity index (χ4v) is 6.81. The first-order chi connectivity index (χ1) is 28.1. The van der Waals surface area contributed by atoms with Crippen molar-refractivity contribution in [2.75, 3.05) is 26.4 Å². The lowest BCUT2D eigenvalue weighted by molar-refractivity contribution is -0.161. The van der Waals surface area contributed by atoms with Gasteiger partial charge in [0.15, 0.2) is 6.10 Å². The molecule has 0 aromatic carbocycles. The van der Waals surface area contributed by atoms with Gasteiger partial charge in [-0.3, -0.25) is 23.2 Å². The zero-order valence-corrected chi connectivity index (χ0v) is 37.9. The van der Waals surface area contributed by atoms with Gasteiger partial charge in [-0.2, -0.15) is 0 Å². The first-order valence-corrected chi connectivity index (χ1v) is 24.8. The molecule has 0 rings (SSSR count). The number of hydrogen-bond donors (Lipinski definition) is 5. The van der Waals surface area contributed by atoms with Crippen molar-refractivity contribution in [2.45, 2.75) is 180 Å². The minimum Gasteiger partial charge on any atom is -0.462 e. The Kier molecular flexibility index (Phi) is 36.5. The Hall–Kier alpha value is -1.96. The Bertz CT molecular complexity index is 1260. The van der Waals surface area contributed by atoms with E-state index < -0.39 is 66.2 Å². The Morgan fingerprint density at radius 1 is 0.559 bits per heavy atom. The maximum Gasteiger partial charge on any atom is 0.472 e. The van der Waals surface area contributed by atoms with Gasteiger partial charge in [0.2, 0.25) is 0 Å². The average Bonchev–Trinajstić information content (AvgIpc) is 3.17. The summed E-state index contributed by atoms with van der Waals surface area (Å²) in [4.78, 5) is 52.6. The molecule has 0 aliphatic heterocycles. The molecule has 0 spiro atoms. The molecule has 5 N–H and O–H groups in total. The van der Waals surface area contributed by atoms with E-state index in [2.05, 4.69) is 60.2 Å². The molecule has 0 saturated heterocycles. The van der Waals surface area contributed by atoms with Gasteiger partial charge in [-0.1, -0.05) is 146 Å². The molecule has 0 aromatic rings. The van der Waals surface area contributed by atoms with Crippen molar-refractivity contribution in [2.24, 2.45) is 5.92 Å². The molecule has 0 aliphatic carbocycles. The molecule has 344 valence electrons. The number of esters is 2. The van der Waals surface area contributed by atoms with Crippen molar-refractivity contribution in [3.63, 3.8) is 0 Å². The van der Waals surface area contributed by atoms with E-state index in [0.29, 0.717) is 25.7 Å². The van der Waals surface area contributed by atoms with Gasteiger partial charge in [-0.15, -0.1) is 0 Å². The number of ether oxygens (including phenoxy) is 2. The summed E-state index contributed by atoms with van der Waals surface area (Å²) in [5.74, 6) is -0.338. The van der Waals surface area contributed by atoms with Crippen LogP contribution in [0.25, 0.3) is 0 Å². The van der Waals surface area contributed by atoms with Gasteiger partial charge in [0.1, 0.15) is 12.7 Å². The first kappa shape index (κ1) is 57.0. The molecule has 14 nitrogen and oxygen atoms in total. The topological polar surface area (TPSA) is 216 Å². The molecule has 0 saturated carbocycles. The minimum atomic E-state index is -4.87. The highest BCUT2D eigenvalue weighted by atomic mass is 31.2. The van der Waals surface area contributed by atoms with Crippen LogP contribution in [-0.4, -0.2) is 81.6 Å². The van der Waals surface area contributed by atoms with Gasteiger partial charge in [0.05, 0.1) is 25.9 Å². The summed E-state index contributed by atoms with van der Waals surface area (Å²) in [7, 11) is -9.70. The standard InChI is InChI=1S/C43H78O14P2/c1-4-29-39(44)31-26-22-18-14-10-6-5-7-11-16-20-24-28-33-43(47)57-41(37-56-59(51,52)55-35-40(45)34-54-58(48,49)50)36-53-42(46)32-27-23-19-15-12-8-9-13-17-21-25-30-38(2)3/h5,7,10,14,16,20,22,26,38-41,44-45H,4,6,8-9,11-13,15,17-19,21,23-25,27-37H2,1-3H3,(H,51,52)(H2,48,49,50)/b7-5-,14-10-,20-16-,26-22-/t39?,40-,41+/m0/s1. The Morgan fingerprint density at radius 3 is 1.61 bits per heavy atom. The molecule has 16 heteroatoms. The van der Waals surface area contributed by atoms with E-state index in [1.807, 2.05) is 18.2 Å².